The zero-order valence-corrected chi connectivity index (χ0v) is 12.1. The van der Waals surface area contributed by atoms with Gasteiger partial charge < -0.3 is 15.9 Å². The molecule has 0 aliphatic carbocycles. The van der Waals surface area contributed by atoms with Crippen molar-refractivity contribution in [2.75, 3.05) is 5.73 Å². The number of rotatable bonds is 3. The van der Waals surface area contributed by atoms with Gasteiger partial charge in [-0.25, -0.2) is 4.98 Å². The number of thiazole rings is 1. The lowest BCUT2D eigenvalue weighted by Gasteiger charge is -1.92. The number of nitrogen functional groups attached to an aromatic ring is 1. The van der Waals surface area contributed by atoms with Gasteiger partial charge in [-0.3, -0.25) is 14.6 Å². The van der Waals surface area contributed by atoms with Gasteiger partial charge in [-0.15, -0.1) is 0 Å². The number of carbonyl (C=O) groups excluding carboxylic acids is 2. The van der Waals surface area contributed by atoms with Crippen molar-refractivity contribution in [3.05, 3.63) is 54.4 Å². The number of hydrogen-bond donors (Lipinski definition) is 2. The molecule has 0 radical (unpaired) electrons. The first kappa shape index (κ1) is 15.4. The molecule has 0 atom stereocenters. The van der Waals surface area contributed by atoms with Gasteiger partial charge in [0.1, 0.15) is 10.0 Å². The largest absolute Gasteiger partial charge is 0.462 e. The summed E-state index contributed by atoms with van der Waals surface area (Å²) >= 11 is 1.23. The van der Waals surface area contributed by atoms with E-state index in [2.05, 4.69) is 14.4 Å². The number of nitrogens with zero attached hydrogens (tertiary/aromatic N) is 2. The molecular weight excluding hydrogens is 304 g/mol. The SMILES string of the molecule is NC(=O)c1nc(-c2ccncc2)sc1N.O=Cc1ccco1. The highest BCUT2D eigenvalue weighted by Crippen LogP contribution is 2.29. The third-order valence-corrected chi connectivity index (χ3v) is 3.41. The molecule has 112 valence electrons. The number of primary amides is 1. The Labute approximate surface area is 129 Å². The van der Waals surface area contributed by atoms with Crippen LogP contribution in [-0.2, 0) is 0 Å². The Morgan fingerprint density at radius 3 is 2.45 bits per heavy atom. The van der Waals surface area contributed by atoms with Crippen LogP contribution >= 0.6 is 11.3 Å². The van der Waals surface area contributed by atoms with Crippen molar-refractivity contribution in [3.8, 4) is 10.6 Å². The first-order chi connectivity index (χ1) is 10.6. The number of furan rings is 1. The van der Waals surface area contributed by atoms with Gasteiger partial charge in [-0.05, 0) is 24.3 Å². The van der Waals surface area contributed by atoms with Crippen molar-refractivity contribution in [1.82, 2.24) is 9.97 Å². The van der Waals surface area contributed by atoms with Crippen LogP contribution in [0, 0.1) is 0 Å². The Bertz CT molecular complexity index is 754. The minimum atomic E-state index is -0.607. The van der Waals surface area contributed by atoms with Gasteiger partial charge in [0.05, 0.1) is 6.26 Å². The quantitative estimate of drug-likeness (QED) is 0.712. The van der Waals surface area contributed by atoms with E-state index < -0.39 is 5.91 Å². The van der Waals surface area contributed by atoms with E-state index in [9.17, 15) is 9.59 Å². The molecule has 1 amide bonds. The molecular formula is C14H12N4O3S. The number of anilines is 1. The van der Waals surface area contributed by atoms with Crippen molar-refractivity contribution in [2.24, 2.45) is 5.73 Å². The van der Waals surface area contributed by atoms with Gasteiger partial charge in [0.15, 0.2) is 17.7 Å². The lowest BCUT2D eigenvalue weighted by atomic mass is 10.3. The fourth-order valence-corrected chi connectivity index (χ4v) is 2.33. The van der Waals surface area contributed by atoms with Crippen LogP contribution in [0.2, 0.25) is 0 Å². The van der Waals surface area contributed by atoms with Crippen molar-refractivity contribution in [2.45, 2.75) is 0 Å². The number of amides is 1. The molecule has 0 aliphatic rings. The molecule has 0 aliphatic heterocycles. The second-order valence-corrected chi connectivity index (χ2v) is 5.00. The van der Waals surface area contributed by atoms with Gasteiger partial charge in [-0.1, -0.05) is 11.3 Å². The second-order valence-electron chi connectivity index (χ2n) is 3.97. The maximum atomic E-state index is 10.9. The monoisotopic (exact) mass is 316 g/mol. The third-order valence-electron chi connectivity index (χ3n) is 2.47. The zero-order valence-electron chi connectivity index (χ0n) is 11.3. The predicted molar refractivity (Wildman–Crippen MR) is 82.4 cm³/mol. The summed E-state index contributed by atoms with van der Waals surface area (Å²) in [5.74, 6) is -0.232. The van der Waals surface area contributed by atoms with E-state index >= 15 is 0 Å². The fraction of sp³-hybridized carbons (Fsp3) is 0. The molecule has 3 aromatic rings. The van der Waals surface area contributed by atoms with Crippen LogP contribution in [0.5, 0.6) is 0 Å². The van der Waals surface area contributed by atoms with Crippen LogP contribution in [0.3, 0.4) is 0 Å². The van der Waals surface area contributed by atoms with E-state index in [4.69, 9.17) is 11.5 Å². The second kappa shape index (κ2) is 7.14. The summed E-state index contributed by atoms with van der Waals surface area (Å²) in [7, 11) is 0. The van der Waals surface area contributed by atoms with Crippen LogP contribution in [0.1, 0.15) is 21.0 Å². The van der Waals surface area contributed by atoms with Crippen molar-refractivity contribution < 1.29 is 14.0 Å². The van der Waals surface area contributed by atoms with Crippen LogP contribution < -0.4 is 11.5 Å². The Morgan fingerprint density at radius 1 is 1.27 bits per heavy atom. The molecule has 8 heteroatoms. The van der Waals surface area contributed by atoms with E-state index in [1.54, 1.807) is 36.7 Å². The van der Waals surface area contributed by atoms with E-state index in [0.29, 0.717) is 22.1 Å². The van der Waals surface area contributed by atoms with Crippen LogP contribution in [0.15, 0.2) is 47.3 Å². The molecule has 0 saturated heterocycles. The van der Waals surface area contributed by atoms with Gasteiger partial charge >= 0.3 is 0 Å². The number of aldehydes is 1. The van der Waals surface area contributed by atoms with E-state index in [0.717, 1.165) is 5.56 Å². The molecule has 22 heavy (non-hydrogen) atoms. The fourth-order valence-electron chi connectivity index (χ4n) is 1.48. The minimum absolute atomic E-state index is 0.131. The average molecular weight is 316 g/mol. The van der Waals surface area contributed by atoms with E-state index in [1.807, 2.05) is 0 Å². The van der Waals surface area contributed by atoms with Crippen LogP contribution in [-0.4, -0.2) is 22.2 Å². The summed E-state index contributed by atoms with van der Waals surface area (Å²) in [4.78, 5) is 28.7. The Kier molecular flexibility index (Phi) is 4.99. The standard InChI is InChI=1S/C9H8N4OS.C5H4O2/c10-7(14)6-8(11)15-9(13-6)5-1-3-12-4-2-5;6-4-5-2-1-3-7-5/h1-4H,11H2,(H2,10,14);1-4H. The molecule has 0 saturated carbocycles. The third kappa shape index (κ3) is 3.76. The molecule has 7 nitrogen and oxygen atoms in total. The summed E-state index contributed by atoms with van der Waals surface area (Å²) in [5, 5.41) is 1.01. The van der Waals surface area contributed by atoms with Crippen molar-refractivity contribution in [3.63, 3.8) is 0 Å². The molecule has 3 heterocycles. The topological polar surface area (TPSA) is 125 Å². The highest BCUT2D eigenvalue weighted by Gasteiger charge is 2.13. The number of hydrogen-bond acceptors (Lipinski definition) is 7. The first-order valence-electron chi connectivity index (χ1n) is 6.07. The van der Waals surface area contributed by atoms with Gasteiger partial charge in [0.2, 0.25) is 0 Å². The van der Waals surface area contributed by atoms with Gasteiger partial charge in [-0.2, -0.15) is 0 Å². The molecule has 0 fully saturated rings. The van der Waals surface area contributed by atoms with Crippen LogP contribution in [0.25, 0.3) is 10.6 Å². The lowest BCUT2D eigenvalue weighted by Crippen LogP contribution is -2.13. The highest BCUT2D eigenvalue weighted by atomic mass is 32.1. The Morgan fingerprint density at radius 2 is 2.00 bits per heavy atom. The molecule has 0 spiro atoms. The molecule has 3 rings (SSSR count). The minimum Gasteiger partial charge on any atom is -0.462 e. The maximum absolute atomic E-state index is 10.9. The summed E-state index contributed by atoms with van der Waals surface area (Å²) in [6.07, 6.45) is 5.43. The van der Waals surface area contributed by atoms with Gasteiger partial charge in [0.25, 0.3) is 5.91 Å². The normalized spacial score (nSPS) is 9.64. The number of aromatic nitrogens is 2. The summed E-state index contributed by atoms with van der Waals surface area (Å²) in [5.41, 5.74) is 11.7. The number of carbonyl (C=O) groups is 2. The van der Waals surface area contributed by atoms with Crippen LogP contribution in [0.4, 0.5) is 5.00 Å². The highest BCUT2D eigenvalue weighted by molar-refractivity contribution is 7.19. The smallest absolute Gasteiger partial charge is 0.270 e. The zero-order chi connectivity index (χ0) is 15.9. The Hall–Kier alpha value is -3.00. The maximum Gasteiger partial charge on any atom is 0.270 e. The lowest BCUT2D eigenvalue weighted by molar-refractivity contribution is 0.0996. The molecule has 3 aromatic heterocycles. The number of pyridine rings is 1. The predicted octanol–water partition coefficient (Wildman–Crippen LogP) is 1.98. The average Bonchev–Trinajstić information content (AvgIpc) is 3.18. The molecule has 0 unspecified atom stereocenters. The van der Waals surface area contributed by atoms with Crippen molar-refractivity contribution >= 4 is 28.5 Å². The summed E-state index contributed by atoms with van der Waals surface area (Å²) in [6, 6.07) is 6.86. The van der Waals surface area contributed by atoms with E-state index in [1.165, 1.54) is 17.6 Å². The first-order valence-corrected chi connectivity index (χ1v) is 6.88. The molecule has 0 aromatic carbocycles. The summed E-state index contributed by atoms with van der Waals surface area (Å²) in [6.45, 7) is 0. The van der Waals surface area contributed by atoms with Gasteiger partial charge in [0, 0.05) is 18.0 Å². The molecule has 0 bridgehead atoms. The molecule has 4 N–H and O–H groups in total. The van der Waals surface area contributed by atoms with Crippen molar-refractivity contribution in [1.29, 1.82) is 0 Å². The summed E-state index contributed by atoms with van der Waals surface area (Å²) < 4.78 is 4.61. The van der Waals surface area contributed by atoms with E-state index in [-0.39, 0.29) is 5.69 Å². The number of nitrogens with two attached hydrogens (primary N) is 2. The Balaban J connectivity index is 0.000000211.